The highest BCUT2D eigenvalue weighted by molar-refractivity contribution is 5.96. The van der Waals surface area contributed by atoms with Gasteiger partial charge in [0.15, 0.2) is 0 Å². The van der Waals surface area contributed by atoms with Crippen LogP contribution in [0.5, 0.6) is 11.5 Å². The number of halogens is 2. The fourth-order valence-corrected chi connectivity index (χ4v) is 2.08. The molecule has 0 saturated carbocycles. The topological polar surface area (TPSA) is 76.7 Å². The molecule has 0 atom stereocenters. The van der Waals surface area contributed by atoms with Crippen LogP contribution in [-0.4, -0.2) is 32.1 Å². The molecule has 138 valence electrons. The number of rotatable bonds is 8. The van der Waals surface area contributed by atoms with Gasteiger partial charge in [0.05, 0.1) is 13.7 Å². The highest BCUT2D eigenvalue weighted by Gasteiger charge is 2.11. The number of alkyl halides is 2. The predicted molar refractivity (Wildman–Crippen MR) is 90.2 cm³/mol. The molecule has 0 heterocycles. The molecule has 2 N–H and O–H groups in total. The number of amides is 2. The van der Waals surface area contributed by atoms with Gasteiger partial charge in [-0.25, -0.2) is 0 Å². The summed E-state index contributed by atoms with van der Waals surface area (Å²) in [6, 6.07) is 12.5. The van der Waals surface area contributed by atoms with Crippen LogP contribution in [0.2, 0.25) is 0 Å². The SMILES string of the molecule is COc1ccc(CNC(=O)CNC(=O)c2cccc(OC(F)F)c2)cc1. The summed E-state index contributed by atoms with van der Waals surface area (Å²) in [5.41, 5.74) is 0.994. The maximum absolute atomic E-state index is 12.2. The van der Waals surface area contributed by atoms with E-state index in [1.54, 1.807) is 19.2 Å². The van der Waals surface area contributed by atoms with Crippen LogP contribution in [0, 0.1) is 0 Å². The molecule has 0 fully saturated rings. The van der Waals surface area contributed by atoms with Gasteiger partial charge in [0.2, 0.25) is 5.91 Å². The number of nitrogens with one attached hydrogen (secondary N) is 2. The third-order valence-electron chi connectivity index (χ3n) is 3.38. The molecule has 0 radical (unpaired) electrons. The first kappa shape index (κ1) is 19.2. The normalized spacial score (nSPS) is 10.3. The van der Waals surface area contributed by atoms with Gasteiger partial charge in [-0.05, 0) is 35.9 Å². The average Bonchev–Trinajstić information content (AvgIpc) is 2.64. The zero-order chi connectivity index (χ0) is 18.9. The lowest BCUT2D eigenvalue weighted by Crippen LogP contribution is -2.36. The minimum absolute atomic E-state index is 0.117. The Bertz CT molecular complexity index is 751. The van der Waals surface area contributed by atoms with E-state index in [-0.39, 0.29) is 23.8 Å². The van der Waals surface area contributed by atoms with Gasteiger partial charge in [-0.15, -0.1) is 0 Å². The van der Waals surface area contributed by atoms with Crippen LogP contribution in [0.25, 0.3) is 0 Å². The summed E-state index contributed by atoms with van der Waals surface area (Å²) in [6.45, 7) is -2.91. The number of carbonyl (C=O) groups excluding carboxylic acids is 2. The van der Waals surface area contributed by atoms with Gasteiger partial charge in [-0.1, -0.05) is 18.2 Å². The van der Waals surface area contributed by atoms with Crippen molar-refractivity contribution in [2.45, 2.75) is 13.2 Å². The lowest BCUT2D eigenvalue weighted by molar-refractivity contribution is -0.120. The Kier molecular flexibility index (Phi) is 6.90. The largest absolute Gasteiger partial charge is 0.497 e. The minimum atomic E-state index is -2.97. The lowest BCUT2D eigenvalue weighted by Gasteiger charge is -2.09. The third-order valence-corrected chi connectivity index (χ3v) is 3.38. The van der Waals surface area contributed by atoms with Crippen molar-refractivity contribution < 1.29 is 27.8 Å². The van der Waals surface area contributed by atoms with E-state index in [9.17, 15) is 18.4 Å². The summed E-state index contributed by atoms with van der Waals surface area (Å²) in [7, 11) is 1.56. The number of hydrogen-bond donors (Lipinski definition) is 2. The molecular weight excluding hydrogens is 346 g/mol. The van der Waals surface area contributed by atoms with Gasteiger partial charge in [0.25, 0.3) is 5.91 Å². The first-order valence-electron chi connectivity index (χ1n) is 7.70. The molecule has 0 aliphatic rings. The molecule has 6 nitrogen and oxygen atoms in total. The molecule has 26 heavy (non-hydrogen) atoms. The van der Waals surface area contributed by atoms with Crippen molar-refractivity contribution in [1.29, 1.82) is 0 Å². The molecule has 0 spiro atoms. The maximum atomic E-state index is 12.2. The molecule has 2 amide bonds. The van der Waals surface area contributed by atoms with Crippen LogP contribution < -0.4 is 20.1 Å². The standard InChI is InChI=1S/C18H18F2N2O4/c1-25-14-7-5-12(6-8-14)10-21-16(23)11-22-17(24)13-3-2-4-15(9-13)26-18(19)20/h2-9,18H,10-11H2,1H3,(H,21,23)(H,22,24). The number of ether oxygens (including phenoxy) is 2. The Hall–Kier alpha value is -3.16. The quantitative estimate of drug-likeness (QED) is 0.754. The Labute approximate surface area is 149 Å². The van der Waals surface area contributed by atoms with Crippen molar-refractivity contribution in [3.05, 3.63) is 59.7 Å². The Morgan fingerprint density at radius 3 is 2.42 bits per heavy atom. The van der Waals surface area contributed by atoms with Gasteiger partial charge in [0.1, 0.15) is 11.5 Å². The van der Waals surface area contributed by atoms with Crippen LogP contribution in [0.1, 0.15) is 15.9 Å². The second kappa shape index (κ2) is 9.36. The van der Waals surface area contributed by atoms with Crippen molar-refractivity contribution in [1.82, 2.24) is 10.6 Å². The highest BCUT2D eigenvalue weighted by atomic mass is 19.3. The Morgan fingerprint density at radius 2 is 1.77 bits per heavy atom. The van der Waals surface area contributed by atoms with E-state index in [1.807, 2.05) is 12.1 Å². The summed E-state index contributed by atoms with van der Waals surface area (Å²) < 4.78 is 33.7. The molecular formula is C18H18F2N2O4. The second-order valence-electron chi connectivity index (χ2n) is 5.21. The highest BCUT2D eigenvalue weighted by Crippen LogP contribution is 2.15. The lowest BCUT2D eigenvalue weighted by atomic mass is 10.2. The van der Waals surface area contributed by atoms with E-state index in [4.69, 9.17) is 4.74 Å². The average molecular weight is 364 g/mol. The van der Waals surface area contributed by atoms with E-state index in [0.717, 1.165) is 5.56 Å². The van der Waals surface area contributed by atoms with Crippen LogP contribution in [0.4, 0.5) is 8.78 Å². The number of benzene rings is 2. The second-order valence-corrected chi connectivity index (χ2v) is 5.21. The monoisotopic (exact) mass is 364 g/mol. The fourth-order valence-electron chi connectivity index (χ4n) is 2.08. The number of hydrogen-bond acceptors (Lipinski definition) is 4. The zero-order valence-electron chi connectivity index (χ0n) is 14.0. The summed E-state index contributed by atoms with van der Waals surface area (Å²) in [5, 5.41) is 5.08. The van der Waals surface area contributed by atoms with E-state index >= 15 is 0 Å². The predicted octanol–water partition coefficient (Wildman–Crippen LogP) is 2.34. The van der Waals surface area contributed by atoms with E-state index in [2.05, 4.69) is 15.4 Å². The van der Waals surface area contributed by atoms with E-state index in [1.165, 1.54) is 24.3 Å². The van der Waals surface area contributed by atoms with Crippen LogP contribution in [0.15, 0.2) is 48.5 Å². The Morgan fingerprint density at radius 1 is 1.04 bits per heavy atom. The van der Waals surface area contributed by atoms with Gasteiger partial charge in [-0.3, -0.25) is 9.59 Å². The molecule has 0 bridgehead atoms. The van der Waals surface area contributed by atoms with E-state index < -0.39 is 12.5 Å². The van der Waals surface area contributed by atoms with Crippen LogP contribution >= 0.6 is 0 Å². The summed E-state index contributed by atoms with van der Waals surface area (Å²) in [5.74, 6) is -0.361. The van der Waals surface area contributed by atoms with E-state index in [0.29, 0.717) is 12.3 Å². The molecule has 0 aliphatic heterocycles. The van der Waals surface area contributed by atoms with Crippen molar-refractivity contribution in [3.8, 4) is 11.5 Å². The fraction of sp³-hybridized carbons (Fsp3) is 0.222. The maximum Gasteiger partial charge on any atom is 0.387 e. The smallest absolute Gasteiger partial charge is 0.387 e. The molecule has 2 aromatic rings. The minimum Gasteiger partial charge on any atom is -0.497 e. The molecule has 2 rings (SSSR count). The van der Waals surface area contributed by atoms with Gasteiger partial charge in [0, 0.05) is 12.1 Å². The van der Waals surface area contributed by atoms with Gasteiger partial charge in [-0.2, -0.15) is 8.78 Å². The summed E-state index contributed by atoms with van der Waals surface area (Å²) >= 11 is 0. The molecule has 0 unspecified atom stereocenters. The van der Waals surface area contributed by atoms with Crippen molar-refractivity contribution in [3.63, 3.8) is 0 Å². The molecule has 2 aromatic carbocycles. The molecule has 0 aromatic heterocycles. The third kappa shape index (κ3) is 6.04. The molecule has 8 heteroatoms. The first-order chi connectivity index (χ1) is 12.5. The van der Waals surface area contributed by atoms with Crippen molar-refractivity contribution in [2.24, 2.45) is 0 Å². The van der Waals surface area contributed by atoms with Crippen LogP contribution in [0.3, 0.4) is 0 Å². The van der Waals surface area contributed by atoms with Gasteiger partial charge >= 0.3 is 6.61 Å². The number of methoxy groups -OCH3 is 1. The molecule has 0 aliphatic carbocycles. The van der Waals surface area contributed by atoms with Crippen LogP contribution in [-0.2, 0) is 11.3 Å². The summed E-state index contributed by atoms with van der Waals surface area (Å²) in [4.78, 5) is 23.8. The Balaban J connectivity index is 1.80. The summed E-state index contributed by atoms with van der Waals surface area (Å²) in [6.07, 6.45) is 0. The molecule has 0 saturated heterocycles. The zero-order valence-corrected chi connectivity index (χ0v) is 14.0. The first-order valence-corrected chi connectivity index (χ1v) is 7.70. The van der Waals surface area contributed by atoms with Crippen molar-refractivity contribution >= 4 is 11.8 Å². The van der Waals surface area contributed by atoms with Gasteiger partial charge < -0.3 is 20.1 Å². The number of carbonyl (C=O) groups is 2. The van der Waals surface area contributed by atoms with Crippen molar-refractivity contribution in [2.75, 3.05) is 13.7 Å².